The fraction of sp³-hybridized carbons (Fsp3) is 0.579. The van der Waals surface area contributed by atoms with Crippen molar-refractivity contribution < 1.29 is 9.59 Å². The van der Waals surface area contributed by atoms with Crippen LogP contribution >= 0.6 is 0 Å². The van der Waals surface area contributed by atoms with E-state index in [1.807, 2.05) is 36.1 Å². The summed E-state index contributed by atoms with van der Waals surface area (Å²) in [5.41, 5.74) is 1.95. The summed E-state index contributed by atoms with van der Waals surface area (Å²) in [6.45, 7) is 5.04. The Hall–Kier alpha value is -2.08. The first-order valence-electron chi connectivity index (χ1n) is 9.25. The van der Waals surface area contributed by atoms with Gasteiger partial charge in [0.1, 0.15) is 0 Å². The SMILES string of the molecule is Cc1cccc(NC(=O)N2CCCC(CNC(=O)C3CCCN3)C2)c1. The molecule has 1 aromatic rings. The van der Waals surface area contributed by atoms with Crippen molar-refractivity contribution in [2.75, 3.05) is 31.5 Å². The summed E-state index contributed by atoms with van der Waals surface area (Å²) in [5.74, 6) is 0.418. The molecule has 3 rings (SSSR count). The van der Waals surface area contributed by atoms with Gasteiger partial charge in [-0.15, -0.1) is 0 Å². The van der Waals surface area contributed by atoms with Gasteiger partial charge in [0.2, 0.25) is 5.91 Å². The zero-order valence-electron chi connectivity index (χ0n) is 14.9. The molecule has 6 heteroatoms. The van der Waals surface area contributed by atoms with Gasteiger partial charge >= 0.3 is 6.03 Å². The van der Waals surface area contributed by atoms with Gasteiger partial charge in [-0.05, 0) is 62.8 Å². The Bertz CT molecular complexity index is 613. The average molecular weight is 344 g/mol. The van der Waals surface area contributed by atoms with Crippen LogP contribution in [-0.2, 0) is 4.79 Å². The molecule has 0 bridgehead atoms. The molecule has 1 aromatic carbocycles. The fourth-order valence-corrected chi connectivity index (χ4v) is 3.62. The van der Waals surface area contributed by atoms with Gasteiger partial charge in [-0.3, -0.25) is 4.79 Å². The number of aryl methyl sites for hydroxylation is 1. The van der Waals surface area contributed by atoms with Crippen LogP contribution in [0.1, 0.15) is 31.2 Å². The molecular formula is C19H28N4O2. The van der Waals surface area contributed by atoms with Crippen molar-refractivity contribution in [1.29, 1.82) is 0 Å². The number of nitrogens with one attached hydrogen (secondary N) is 3. The Kier molecular flexibility index (Phi) is 5.91. The molecule has 3 amide bonds. The van der Waals surface area contributed by atoms with Crippen LogP contribution in [-0.4, -0.2) is 49.1 Å². The molecular weight excluding hydrogens is 316 g/mol. The summed E-state index contributed by atoms with van der Waals surface area (Å²) in [6, 6.07) is 7.73. The molecule has 2 heterocycles. The topological polar surface area (TPSA) is 73.5 Å². The number of likely N-dealkylation sites (tertiary alicyclic amines) is 1. The summed E-state index contributed by atoms with van der Waals surface area (Å²) in [6.07, 6.45) is 4.01. The zero-order chi connectivity index (χ0) is 17.6. The second kappa shape index (κ2) is 8.34. The molecule has 2 unspecified atom stereocenters. The van der Waals surface area contributed by atoms with Crippen molar-refractivity contribution in [3.8, 4) is 0 Å². The molecule has 2 atom stereocenters. The van der Waals surface area contributed by atoms with E-state index in [-0.39, 0.29) is 18.0 Å². The van der Waals surface area contributed by atoms with Crippen LogP contribution in [0.2, 0.25) is 0 Å². The summed E-state index contributed by atoms with van der Waals surface area (Å²) in [7, 11) is 0. The van der Waals surface area contributed by atoms with E-state index in [9.17, 15) is 9.59 Å². The van der Waals surface area contributed by atoms with Crippen LogP contribution in [0.25, 0.3) is 0 Å². The van der Waals surface area contributed by atoms with E-state index in [0.29, 0.717) is 19.0 Å². The Balaban J connectivity index is 1.47. The standard InChI is InChI=1S/C19H28N4O2/c1-14-5-2-7-16(11-14)22-19(25)23-10-4-6-15(13-23)12-21-18(24)17-8-3-9-20-17/h2,5,7,11,15,17,20H,3-4,6,8-10,12-13H2,1H3,(H,21,24)(H,22,25). The normalized spacial score (nSPS) is 23.3. The van der Waals surface area contributed by atoms with Crippen molar-refractivity contribution in [3.63, 3.8) is 0 Å². The van der Waals surface area contributed by atoms with E-state index >= 15 is 0 Å². The van der Waals surface area contributed by atoms with Gasteiger partial charge in [-0.25, -0.2) is 4.79 Å². The molecule has 136 valence electrons. The highest BCUT2D eigenvalue weighted by Gasteiger charge is 2.26. The number of rotatable bonds is 4. The highest BCUT2D eigenvalue weighted by atomic mass is 16.2. The lowest BCUT2D eigenvalue weighted by Gasteiger charge is -2.33. The third-order valence-corrected chi connectivity index (χ3v) is 5.02. The molecule has 2 fully saturated rings. The van der Waals surface area contributed by atoms with Gasteiger partial charge in [0.05, 0.1) is 6.04 Å². The molecule has 2 aliphatic heterocycles. The number of anilines is 1. The maximum atomic E-state index is 12.5. The Morgan fingerprint density at radius 2 is 2.16 bits per heavy atom. The molecule has 0 aromatic heterocycles. The number of amides is 3. The molecule has 3 N–H and O–H groups in total. The number of nitrogens with zero attached hydrogens (tertiary/aromatic N) is 1. The molecule has 6 nitrogen and oxygen atoms in total. The smallest absolute Gasteiger partial charge is 0.321 e. The van der Waals surface area contributed by atoms with E-state index < -0.39 is 0 Å². The summed E-state index contributed by atoms with van der Waals surface area (Å²) in [4.78, 5) is 26.5. The molecule has 0 saturated carbocycles. The van der Waals surface area contributed by atoms with E-state index in [0.717, 1.165) is 50.0 Å². The van der Waals surface area contributed by atoms with E-state index in [1.165, 1.54) is 0 Å². The van der Waals surface area contributed by atoms with Crippen LogP contribution in [0.3, 0.4) is 0 Å². The lowest BCUT2D eigenvalue weighted by Crippen LogP contribution is -2.47. The molecule has 2 aliphatic rings. The quantitative estimate of drug-likeness (QED) is 0.783. The van der Waals surface area contributed by atoms with Gasteiger partial charge in [0, 0.05) is 25.3 Å². The Labute approximate surface area is 149 Å². The highest BCUT2D eigenvalue weighted by molar-refractivity contribution is 5.89. The molecule has 0 radical (unpaired) electrons. The first-order valence-corrected chi connectivity index (χ1v) is 9.25. The van der Waals surface area contributed by atoms with Crippen molar-refractivity contribution >= 4 is 17.6 Å². The van der Waals surface area contributed by atoms with Crippen LogP contribution in [0.15, 0.2) is 24.3 Å². The highest BCUT2D eigenvalue weighted by Crippen LogP contribution is 2.18. The van der Waals surface area contributed by atoms with Crippen molar-refractivity contribution in [3.05, 3.63) is 29.8 Å². The minimum Gasteiger partial charge on any atom is -0.354 e. The number of carbonyl (C=O) groups excluding carboxylic acids is 2. The molecule has 25 heavy (non-hydrogen) atoms. The number of piperidine rings is 1. The Morgan fingerprint density at radius 3 is 2.92 bits per heavy atom. The van der Waals surface area contributed by atoms with Crippen LogP contribution < -0.4 is 16.0 Å². The molecule has 0 aliphatic carbocycles. The number of hydrogen-bond donors (Lipinski definition) is 3. The van der Waals surface area contributed by atoms with E-state index in [2.05, 4.69) is 16.0 Å². The lowest BCUT2D eigenvalue weighted by molar-refractivity contribution is -0.123. The largest absolute Gasteiger partial charge is 0.354 e. The van der Waals surface area contributed by atoms with Gasteiger partial charge < -0.3 is 20.9 Å². The first-order chi connectivity index (χ1) is 12.1. The molecule has 0 spiro atoms. The molecule has 2 saturated heterocycles. The minimum absolute atomic E-state index is 0.0377. The van der Waals surface area contributed by atoms with E-state index in [1.54, 1.807) is 0 Å². The number of benzene rings is 1. The minimum atomic E-state index is -0.0564. The van der Waals surface area contributed by atoms with Crippen molar-refractivity contribution in [2.45, 2.75) is 38.6 Å². The maximum absolute atomic E-state index is 12.5. The van der Waals surface area contributed by atoms with Gasteiger partial charge in [0.25, 0.3) is 0 Å². The van der Waals surface area contributed by atoms with Crippen molar-refractivity contribution in [1.82, 2.24) is 15.5 Å². The zero-order valence-corrected chi connectivity index (χ0v) is 14.9. The van der Waals surface area contributed by atoms with E-state index in [4.69, 9.17) is 0 Å². The average Bonchev–Trinajstić information content (AvgIpc) is 3.15. The van der Waals surface area contributed by atoms with Gasteiger partial charge in [-0.1, -0.05) is 12.1 Å². The predicted octanol–water partition coefficient (Wildman–Crippen LogP) is 2.11. The third kappa shape index (κ3) is 4.95. The third-order valence-electron chi connectivity index (χ3n) is 5.02. The fourth-order valence-electron chi connectivity index (χ4n) is 3.62. The monoisotopic (exact) mass is 344 g/mol. The van der Waals surface area contributed by atoms with Crippen molar-refractivity contribution in [2.24, 2.45) is 5.92 Å². The predicted molar refractivity (Wildman–Crippen MR) is 98.5 cm³/mol. The second-order valence-corrected chi connectivity index (χ2v) is 7.15. The summed E-state index contributed by atoms with van der Waals surface area (Å²) in [5, 5.41) is 9.24. The van der Waals surface area contributed by atoms with Gasteiger partial charge in [-0.2, -0.15) is 0 Å². The lowest BCUT2D eigenvalue weighted by atomic mass is 9.98. The van der Waals surface area contributed by atoms with Crippen LogP contribution in [0.5, 0.6) is 0 Å². The first kappa shape index (κ1) is 17.7. The second-order valence-electron chi connectivity index (χ2n) is 7.15. The number of carbonyl (C=O) groups is 2. The Morgan fingerprint density at radius 1 is 1.28 bits per heavy atom. The van der Waals surface area contributed by atoms with Gasteiger partial charge in [0.15, 0.2) is 0 Å². The number of urea groups is 1. The summed E-state index contributed by atoms with van der Waals surface area (Å²) < 4.78 is 0. The number of hydrogen-bond acceptors (Lipinski definition) is 3. The summed E-state index contributed by atoms with van der Waals surface area (Å²) >= 11 is 0. The van der Waals surface area contributed by atoms with Crippen LogP contribution in [0.4, 0.5) is 10.5 Å². The maximum Gasteiger partial charge on any atom is 0.321 e. The van der Waals surface area contributed by atoms with Crippen LogP contribution in [0, 0.1) is 12.8 Å².